The fourth-order valence-electron chi connectivity index (χ4n) is 1.35. The van der Waals surface area contributed by atoms with Crippen molar-refractivity contribution in [3.63, 3.8) is 0 Å². The first-order valence-electron chi connectivity index (χ1n) is 5.83. The molecule has 0 spiro atoms. The maximum atomic E-state index is 12.4. The Hall–Kier alpha value is -1.52. The number of ether oxygens (including phenoxy) is 1. The van der Waals surface area contributed by atoms with Crippen molar-refractivity contribution in [1.29, 1.82) is 0 Å². The van der Waals surface area contributed by atoms with Crippen molar-refractivity contribution < 1.29 is 14.1 Å². The van der Waals surface area contributed by atoms with Crippen LogP contribution < -0.4 is 0 Å². The molecule has 0 heterocycles. The molecule has 1 atom stereocenters. The predicted octanol–water partition coefficient (Wildman–Crippen LogP) is 2.94. The third-order valence-electron chi connectivity index (χ3n) is 2.59. The Balaban J connectivity index is 2.74. The molecule has 18 heavy (non-hydrogen) atoms. The van der Waals surface area contributed by atoms with Gasteiger partial charge in [0.15, 0.2) is 7.14 Å². The van der Waals surface area contributed by atoms with Gasteiger partial charge in [0.25, 0.3) is 0 Å². The molecule has 3 nitrogen and oxygen atoms in total. The van der Waals surface area contributed by atoms with Gasteiger partial charge in [0, 0.05) is 17.9 Å². The summed E-state index contributed by atoms with van der Waals surface area (Å²) in [6.45, 7) is 1.83. The summed E-state index contributed by atoms with van der Waals surface area (Å²) in [5.41, 5.74) is 3.68. The minimum Gasteiger partial charge on any atom is -0.469 e. The predicted molar refractivity (Wildman–Crippen MR) is 73.0 cm³/mol. The highest BCUT2D eigenvalue weighted by atomic mass is 31.2. The van der Waals surface area contributed by atoms with Gasteiger partial charge in [-0.2, -0.15) is 0 Å². The lowest BCUT2D eigenvalue weighted by Crippen LogP contribution is -2.04. The van der Waals surface area contributed by atoms with E-state index >= 15 is 0 Å². The lowest BCUT2D eigenvalue weighted by Gasteiger charge is -2.07. The van der Waals surface area contributed by atoms with Gasteiger partial charge >= 0.3 is 5.97 Å². The number of carbonyl (C=O) groups is 1. The molecule has 1 aromatic rings. The molecule has 96 valence electrons. The molecule has 0 saturated heterocycles. The molecule has 4 heteroatoms. The maximum Gasteiger partial charge on any atom is 0.306 e. The third-order valence-corrected chi connectivity index (χ3v) is 5.08. The van der Waals surface area contributed by atoms with Gasteiger partial charge in [-0.1, -0.05) is 31.0 Å². The van der Waals surface area contributed by atoms with Gasteiger partial charge in [0.05, 0.1) is 13.5 Å². The first kappa shape index (κ1) is 14.5. The molecule has 0 fully saturated rings. The van der Waals surface area contributed by atoms with Crippen molar-refractivity contribution in [2.24, 2.45) is 0 Å². The van der Waals surface area contributed by atoms with E-state index in [0.29, 0.717) is 6.16 Å². The van der Waals surface area contributed by atoms with Gasteiger partial charge in [-0.05, 0) is 17.8 Å². The number of benzene rings is 1. The molecule has 0 amide bonds. The van der Waals surface area contributed by atoms with E-state index in [1.165, 1.54) is 7.11 Å². The van der Waals surface area contributed by atoms with Gasteiger partial charge in [0.1, 0.15) is 0 Å². The molecule has 1 rings (SSSR count). The second-order valence-corrected chi connectivity index (χ2v) is 6.94. The van der Waals surface area contributed by atoms with Crippen LogP contribution in [0.15, 0.2) is 30.3 Å². The van der Waals surface area contributed by atoms with Crippen molar-refractivity contribution in [2.75, 3.05) is 19.4 Å². The third kappa shape index (κ3) is 4.77. The zero-order valence-corrected chi connectivity index (χ0v) is 11.6. The highest BCUT2D eigenvalue weighted by Crippen LogP contribution is 2.44. The zero-order chi connectivity index (χ0) is 13.4. The van der Waals surface area contributed by atoms with Gasteiger partial charge in [-0.15, -0.1) is 0 Å². The molecule has 0 aliphatic carbocycles. The zero-order valence-electron chi connectivity index (χ0n) is 10.7. The molecule has 1 aromatic carbocycles. The quantitative estimate of drug-likeness (QED) is 0.477. The van der Waals surface area contributed by atoms with Crippen LogP contribution in [0.25, 0.3) is 0 Å². The molecule has 0 N–H and O–H groups in total. The van der Waals surface area contributed by atoms with E-state index in [1.807, 2.05) is 37.3 Å². The number of rotatable bonds is 4. The highest BCUT2D eigenvalue weighted by Gasteiger charge is 2.18. The largest absolute Gasteiger partial charge is 0.469 e. The average Bonchev–Trinajstić information content (AvgIpc) is 2.43. The second-order valence-electron chi connectivity index (χ2n) is 3.86. The standard InChI is InChI=1S/C14H17O3P/c1-3-18(16,12-10-14(15)17-2)11-9-13-7-5-4-6-8-13/h4-8H,3,10,12H2,1-2H3. The molecule has 0 saturated carbocycles. The van der Waals surface area contributed by atoms with Crippen LogP contribution in [0.3, 0.4) is 0 Å². The normalized spacial score (nSPS) is 13.0. The van der Waals surface area contributed by atoms with Crippen molar-refractivity contribution in [1.82, 2.24) is 0 Å². The van der Waals surface area contributed by atoms with Gasteiger partial charge in [0.2, 0.25) is 0 Å². The Morgan fingerprint density at radius 3 is 2.56 bits per heavy atom. The molecule has 0 aliphatic heterocycles. The molecule has 0 bridgehead atoms. The Labute approximate surface area is 108 Å². The highest BCUT2D eigenvalue weighted by molar-refractivity contribution is 7.69. The van der Waals surface area contributed by atoms with E-state index in [1.54, 1.807) is 0 Å². The Kier molecular flexibility index (Phi) is 5.68. The summed E-state index contributed by atoms with van der Waals surface area (Å²) >= 11 is 0. The summed E-state index contributed by atoms with van der Waals surface area (Å²) < 4.78 is 16.9. The van der Waals surface area contributed by atoms with Crippen LogP contribution in [0.4, 0.5) is 0 Å². The van der Waals surface area contributed by atoms with E-state index < -0.39 is 7.14 Å². The lowest BCUT2D eigenvalue weighted by atomic mass is 10.2. The van der Waals surface area contributed by atoms with E-state index in [9.17, 15) is 9.36 Å². The lowest BCUT2D eigenvalue weighted by molar-refractivity contribution is -0.140. The fraction of sp³-hybridized carbons (Fsp3) is 0.357. The van der Waals surface area contributed by atoms with Crippen molar-refractivity contribution in [3.05, 3.63) is 35.9 Å². The van der Waals surface area contributed by atoms with E-state index in [0.717, 1.165) is 5.56 Å². The van der Waals surface area contributed by atoms with Crippen LogP contribution in [0, 0.1) is 11.6 Å². The van der Waals surface area contributed by atoms with Gasteiger partial charge in [-0.25, -0.2) is 0 Å². The summed E-state index contributed by atoms with van der Waals surface area (Å²) in [6.07, 6.45) is 0.922. The second kappa shape index (κ2) is 7.03. The minimum atomic E-state index is -2.59. The van der Waals surface area contributed by atoms with Crippen molar-refractivity contribution in [2.45, 2.75) is 13.3 Å². The summed E-state index contributed by atoms with van der Waals surface area (Å²) in [5, 5.41) is 0. The van der Waals surface area contributed by atoms with Gasteiger partial charge < -0.3 is 9.30 Å². The number of hydrogen-bond donors (Lipinski definition) is 0. The first-order chi connectivity index (χ1) is 8.59. The Bertz CT molecular complexity index is 497. The molecule has 0 aromatic heterocycles. The van der Waals surface area contributed by atoms with Crippen molar-refractivity contribution >= 4 is 13.1 Å². The molecular formula is C14H17O3P. The summed E-state index contributed by atoms with van der Waals surface area (Å²) in [6, 6.07) is 9.41. The summed E-state index contributed by atoms with van der Waals surface area (Å²) in [7, 11) is -1.27. The Morgan fingerprint density at radius 2 is 2.00 bits per heavy atom. The van der Waals surface area contributed by atoms with Crippen molar-refractivity contribution in [3.8, 4) is 11.6 Å². The maximum absolute atomic E-state index is 12.4. The Morgan fingerprint density at radius 1 is 1.33 bits per heavy atom. The SMILES string of the molecule is CCP(=O)(C#Cc1ccccc1)CCC(=O)OC. The molecule has 0 aliphatic rings. The van der Waals surface area contributed by atoms with Crippen LogP contribution in [0.1, 0.15) is 18.9 Å². The number of methoxy groups -OCH3 is 1. The summed E-state index contributed by atoms with van der Waals surface area (Å²) in [4.78, 5) is 11.1. The van der Waals surface area contributed by atoms with E-state index in [2.05, 4.69) is 16.3 Å². The number of hydrogen-bond acceptors (Lipinski definition) is 3. The van der Waals surface area contributed by atoms with Gasteiger partial charge in [-0.3, -0.25) is 4.79 Å². The fourth-order valence-corrected chi connectivity index (χ4v) is 2.82. The smallest absolute Gasteiger partial charge is 0.306 e. The summed E-state index contributed by atoms with van der Waals surface area (Å²) in [5.74, 6) is 2.57. The molecule has 0 radical (unpaired) electrons. The number of carbonyl (C=O) groups excluding carboxylic acids is 1. The van der Waals surface area contributed by atoms with Crippen LogP contribution in [0.5, 0.6) is 0 Å². The van der Waals surface area contributed by atoms with Crippen LogP contribution in [-0.2, 0) is 14.1 Å². The monoisotopic (exact) mass is 264 g/mol. The number of esters is 1. The van der Waals surface area contributed by atoms with Crippen LogP contribution in [-0.4, -0.2) is 25.4 Å². The van der Waals surface area contributed by atoms with E-state index in [4.69, 9.17) is 0 Å². The van der Waals surface area contributed by atoms with Crippen LogP contribution in [0.2, 0.25) is 0 Å². The average molecular weight is 264 g/mol. The molecule has 1 unspecified atom stereocenters. The molecular weight excluding hydrogens is 247 g/mol. The first-order valence-corrected chi connectivity index (χ1v) is 7.90. The minimum absolute atomic E-state index is 0.158. The van der Waals surface area contributed by atoms with E-state index in [-0.39, 0.29) is 18.6 Å². The van der Waals surface area contributed by atoms with Crippen LogP contribution >= 0.6 is 7.14 Å². The topological polar surface area (TPSA) is 43.4 Å².